The number of nitrogens with zero attached hydrogens (tertiary/aromatic N) is 1. The van der Waals surface area contributed by atoms with Crippen LogP contribution in [-0.4, -0.2) is 30.2 Å². The molecule has 4 heteroatoms. The Labute approximate surface area is 192 Å². The number of rotatable bonds is 11. The Hall–Kier alpha value is -1.81. The normalized spacial score (nSPS) is 20.1. The second-order valence-corrected chi connectivity index (χ2v) is 9.36. The number of aryl methyl sites for hydroxylation is 1. The van der Waals surface area contributed by atoms with Crippen molar-refractivity contribution in [1.82, 2.24) is 4.90 Å². The van der Waals surface area contributed by atoms with E-state index in [1.807, 2.05) is 0 Å². The topological polar surface area (TPSA) is 3.24 Å². The summed E-state index contributed by atoms with van der Waals surface area (Å²) < 4.78 is 39.0. The Morgan fingerprint density at radius 3 is 2.16 bits per heavy atom. The molecule has 176 valence electrons. The van der Waals surface area contributed by atoms with Gasteiger partial charge in [-0.15, -0.1) is 0 Å². The predicted molar refractivity (Wildman–Crippen MR) is 127 cm³/mol. The van der Waals surface area contributed by atoms with Gasteiger partial charge in [-0.1, -0.05) is 68.4 Å². The van der Waals surface area contributed by atoms with Crippen LogP contribution in [0.5, 0.6) is 0 Å². The van der Waals surface area contributed by atoms with Crippen LogP contribution >= 0.6 is 0 Å². The van der Waals surface area contributed by atoms with E-state index in [0.29, 0.717) is 12.5 Å². The van der Waals surface area contributed by atoms with E-state index in [0.717, 1.165) is 50.8 Å². The van der Waals surface area contributed by atoms with Gasteiger partial charge < -0.3 is 4.90 Å². The van der Waals surface area contributed by atoms with Crippen molar-refractivity contribution in [2.24, 2.45) is 5.92 Å². The van der Waals surface area contributed by atoms with Gasteiger partial charge in [-0.05, 0) is 80.5 Å². The largest absolute Gasteiger partial charge is 0.391 e. The van der Waals surface area contributed by atoms with Crippen molar-refractivity contribution in [2.75, 3.05) is 13.1 Å². The first-order valence-electron chi connectivity index (χ1n) is 12.3. The van der Waals surface area contributed by atoms with Crippen LogP contribution in [0.15, 0.2) is 54.6 Å². The van der Waals surface area contributed by atoms with Crippen molar-refractivity contribution >= 4 is 0 Å². The molecule has 32 heavy (non-hydrogen) atoms. The van der Waals surface area contributed by atoms with Crippen LogP contribution < -0.4 is 0 Å². The zero-order valence-corrected chi connectivity index (χ0v) is 19.6. The lowest BCUT2D eigenvalue weighted by Gasteiger charge is -2.31. The first kappa shape index (κ1) is 24.8. The first-order chi connectivity index (χ1) is 15.4. The first-order valence-corrected chi connectivity index (χ1v) is 12.3. The molecule has 0 N–H and O–H groups in total. The SMILES string of the molecule is CCCN(CCc1ccccc1)C(CC)CCc1ccc(C2CCC(C(F)(F)F)C2)cc1. The van der Waals surface area contributed by atoms with Crippen molar-refractivity contribution < 1.29 is 13.2 Å². The lowest BCUT2D eigenvalue weighted by Crippen LogP contribution is -2.37. The molecule has 3 atom stereocenters. The van der Waals surface area contributed by atoms with Crippen LogP contribution in [0.4, 0.5) is 13.2 Å². The van der Waals surface area contributed by atoms with E-state index in [4.69, 9.17) is 0 Å². The third-order valence-electron chi connectivity index (χ3n) is 7.14. The molecule has 3 rings (SSSR count). The number of benzene rings is 2. The Morgan fingerprint density at radius 1 is 0.875 bits per heavy atom. The van der Waals surface area contributed by atoms with E-state index >= 15 is 0 Å². The maximum absolute atomic E-state index is 13.0. The van der Waals surface area contributed by atoms with Crippen LogP contribution in [0.1, 0.15) is 75.0 Å². The third-order valence-corrected chi connectivity index (χ3v) is 7.14. The zero-order valence-electron chi connectivity index (χ0n) is 19.6. The van der Waals surface area contributed by atoms with E-state index in [2.05, 4.69) is 73.3 Å². The van der Waals surface area contributed by atoms with Gasteiger partial charge in [0.25, 0.3) is 0 Å². The van der Waals surface area contributed by atoms with Gasteiger partial charge in [0.05, 0.1) is 5.92 Å². The molecule has 0 aliphatic heterocycles. The van der Waals surface area contributed by atoms with Gasteiger partial charge in [0, 0.05) is 12.6 Å². The fourth-order valence-corrected chi connectivity index (χ4v) is 5.20. The van der Waals surface area contributed by atoms with Crippen LogP contribution in [0, 0.1) is 5.92 Å². The molecule has 1 saturated carbocycles. The Bertz CT molecular complexity index is 785. The number of hydrogen-bond donors (Lipinski definition) is 0. The molecule has 2 aromatic carbocycles. The van der Waals surface area contributed by atoms with E-state index < -0.39 is 12.1 Å². The maximum Gasteiger partial charge on any atom is 0.391 e. The molecule has 1 fully saturated rings. The minimum Gasteiger partial charge on any atom is -0.300 e. The van der Waals surface area contributed by atoms with E-state index in [-0.39, 0.29) is 18.8 Å². The Morgan fingerprint density at radius 2 is 1.56 bits per heavy atom. The van der Waals surface area contributed by atoms with Gasteiger partial charge in [0.2, 0.25) is 0 Å². The molecule has 0 heterocycles. The number of hydrogen-bond acceptors (Lipinski definition) is 1. The summed E-state index contributed by atoms with van der Waals surface area (Å²) in [6.07, 6.45) is 2.60. The monoisotopic (exact) mass is 445 g/mol. The second kappa shape index (κ2) is 11.9. The summed E-state index contributed by atoms with van der Waals surface area (Å²) in [5, 5.41) is 0. The van der Waals surface area contributed by atoms with Gasteiger partial charge in [-0.2, -0.15) is 13.2 Å². The molecule has 0 radical (unpaired) electrons. The summed E-state index contributed by atoms with van der Waals surface area (Å²) in [4.78, 5) is 2.64. The van der Waals surface area contributed by atoms with E-state index in [9.17, 15) is 13.2 Å². The van der Waals surface area contributed by atoms with Crippen LogP contribution in [0.3, 0.4) is 0 Å². The van der Waals surface area contributed by atoms with Crippen LogP contribution in [0.25, 0.3) is 0 Å². The standard InChI is InChI=1S/C28H38F3N/c1-3-19-32(20-18-22-8-6-5-7-9-22)27(4-2)17-12-23-10-13-24(14-11-23)25-15-16-26(21-25)28(29,30)31/h5-11,13-14,25-27H,3-4,12,15-21H2,1-2H3. The molecule has 1 aliphatic rings. The highest BCUT2D eigenvalue weighted by Crippen LogP contribution is 2.45. The van der Waals surface area contributed by atoms with Crippen molar-refractivity contribution in [3.8, 4) is 0 Å². The zero-order chi connectivity index (χ0) is 23.0. The van der Waals surface area contributed by atoms with Crippen molar-refractivity contribution in [2.45, 2.75) is 83.4 Å². The average molecular weight is 446 g/mol. The summed E-state index contributed by atoms with van der Waals surface area (Å²) in [6, 6.07) is 19.6. The molecular weight excluding hydrogens is 407 g/mol. The third kappa shape index (κ3) is 7.10. The summed E-state index contributed by atoms with van der Waals surface area (Å²) in [5.41, 5.74) is 3.75. The molecule has 2 aromatic rings. The molecule has 0 aromatic heterocycles. The minimum absolute atomic E-state index is 0.0529. The lowest BCUT2D eigenvalue weighted by atomic mass is 9.94. The highest BCUT2D eigenvalue weighted by atomic mass is 19.4. The fourth-order valence-electron chi connectivity index (χ4n) is 5.20. The average Bonchev–Trinajstić information content (AvgIpc) is 3.30. The Balaban J connectivity index is 1.53. The molecule has 1 nitrogen and oxygen atoms in total. The van der Waals surface area contributed by atoms with Gasteiger partial charge in [-0.3, -0.25) is 0 Å². The molecule has 0 saturated heterocycles. The van der Waals surface area contributed by atoms with E-state index in [1.54, 1.807) is 0 Å². The molecule has 3 unspecified atom stereocenters. The van der Waals surface area contributed by atoms with Gasteiger partial charge in [0.15, 0.2) is 0 Å². The highest BCUT2D eigenvalue weighted by Gasteiger charge is 2.44. The van der Waals surface area contributed by atoms with Crippen molar-refractivity contribution in [1.29, 1.82) is 0 Å². The predicted octanol–water partition coefficient (Wildman–Crippen LogP) is 7.80. The lowest BCUT2D eigenvalue weighted by molar-refractivity contribution is -0.172. The summed E-state index contributed by atoms with van der Waals surface area (Å²) in [6.45, 7) is 6.72. The van der Waals surface area contributed by atoms with Gasteiger partial charge in [-0.25, -0.2) is 0 Å². The van der Waals surface area contributed by atoms with Crippen LogP contribution in [0.2, 0.25) is 0 Å². The van der Waals surface area contributed by atoms with E-state index in [1.165, 1.54) is 11.1 Å². The summed E-state index contributed by atoms with van der Waals surface area (Å²) >= 11 is 0. The van der Waals surface area contributed by atoms with Crippen molar-refractivity contribution in [3.63, 3.8) is 0 Å². The molecule has 1 aliphatic carbocycles. The summed E-state index contributed by atoms with van der Waals surface area (Å²) in [5.74, 6) is -1.07. The molecular formula is C28H38F3N. The number of alkyl halides is 3. The molecule has 0 bridgehead atoms. The molecule has 0 spiro atoms. The fraction of sp³-hybridized carbons (Fsp3) is 0.571. The van der Waals surface area contributed by atoms with Gasteiger partial charge in [0.1, 0.15) is 0 Å². The second-order valence-electron chi connectivity index (χ2n) is 9.36. The number of halogens is 3. The van der Waals surface area contributed by atoms with Gasteiger partial charge >= 0.3 is 6.18 Å². The van der Waals surface area contributed by atoms with Crippen molar-refractivity contribution in [3.05, 3.63) is 71.3 Å². The smallest absolute Gasteiger partial charge is 0.300 e. The highest BCUT2D eigenvalue weighted by molar-refractivity contribution is 5.26. The molecule has 0 amide bonds. The van der Waals surface area contributed by atoms with Crippen LogP contribution in [-0.2, 0) is 12.8 Å². The minimum atomic E-state index is -4.05. The Kier molecular flexibility index (Phi) is 9.22. The summed E-state index contributed by atoms with van der Waals surface area (Å²) in [7, 11) is 0. The quantitative estimate of drug-likeness (QED) is 0.341. The maximum atomic E-state index is 13.0.